The van der Waals surface area contributed by atoms with E-state index in [4.69, 9.17) is 10.7 Å². The highest BCUT2D eigenvalue weighted by Gasteiger charge is 2.22. The Balaban J connectivity index is 1.78. The van der Waals surface area contributed by atoms with Gasteiger partial charge in [0, 0.05) is 25.1 Å². The lowest BCUT2D eigenvalue weighted by atomic mass is 10.1. The average molecular weight is 472 g/mol. The number of hydrogen-bond acceptors (Lipinski definition) is 5. The molecule has 8 heteroatoms. The summed E-state index contributed by atoms with van der Waals surface area (Å²) in [6, 6.07) is 4.86. The van der Waals surface area contributed by atoms with E-state index in [1.54, 1.807) is 23.7 Å². The van der Waals surface area contributed by atoms with Gasteiger partial charge in [-0.15, -0.1) is 0 Å². The van der Waals surface area contributed by atoms with Crippen molar-refractivity contribution in [3.63, 3.8) is 0 Å². The summed E-state index contributed by atoms with van der Waals surface area (Å²) in [4.78, 5) is 21.0. The predicted octanol–water partition coefficient (Wildman–Crippen LogP) is 5.04. The summed E-state index contributed by atoms with van der Waals surface area (Å²) < 4.78 is 15.5. The third-order valence-corrected chi connectivity index (χ3v) is 6.90. The minimum atomic E-state index is -0.255. The molecule has 0 bridgehead atoms. The summed E-state index contributed by atoms with van der Waals surface area (Å²) in [7, 11) is 0. The van der Waals surface area contributed by atoms with Crippen LogP contribution in [0.1, 0.15) is 51.4 Å². The first-order valence-electron chi connectivity index (χ1n) is 11.4. The second-order valence-corrected chi connectivity index (χ2v) is 10.3. The summed E-state index contributed by atoms with van der Waals surface area (Å²) in [5.74, 6) is 1.59. The number of nitrogens with zero attached hydrogens (tertiary/aromatic N) is 4. The van der Waals surface area contributed by atoms with Gasteiger partial charge in [-0.2, -0.15) is 5.10 Å². The van der Waals surface area contributed by atoms with Crippen molar-refractivity contribution in [2.24, 2.45) is 11.7 Å². The van der Waals surface area contributed by atoms with Crippen molar-refractivity contribution >= 4 is 17.7 Å². The summed E-state index contributed by atoms with van der Waals surface area (Å²) in [6.07, 6.45) is 3.28. The largest absolute Gasteiger partial charge is 0.394 e. The SMILES string of the molecule is C=C(N)SC1=C(C)CCN(C(=O)Cn2nc(-c3ccc(F)c(C)c3)nc2CCC(C)C)CC1. The number of aromatic nitrogens is 3. The Morgan fingerprint density at radius 3 is 2.67 bits per heavy atom. The number of nitrogens with two attached hydrogens (primary N) is 1. The van der Waals surface area contributed by atoms with Crippen LogP contribution in [0.15, 0.2) is 40.3 Å². The number of carbonyl (C=O) groups excluding carboxylic acids is 1. The predicted molar refractivity (Wildman–Crippen MR) is 133 cm³/mol. The second-order valence-electron chi connectivity index (χ2n) is 9.06. The molecule has 6 nitrogen and oxygen atoms in total. The molecule has 0 saturated heterocycles. The summed E-state index contributed by atoms with van der Waals surface area (Å²) in [5, 5.41) is 5.22. The van der Waals surface area contributed by atoms with Gasteiger partial charge in [0.1, 0.15) is 18.2 Å². The molecule has 1 amide bonds. The van der Waals surface area contributed by atoms with Gasteiger partial charge >= 0.3 is 0 Å². The van der Waals surface area contributed by atoms with E-state index in [0.717, 1.165) is 37.1 Å². The highest BCUT2D eigenvalue weighted by molar-refractivity contribution is 8.06. The van der Waals surface area contributed by atoms with E-state index in [1.165, 1.54) is 28.3 Å². The zero-order valence-corrected chi connectivity index (χ0v) is 20.8. The molecule has 3 rings (SSSR count). The molecular weight excluding hydrogens is 437 g/mol. The fourth-order valence-electron chi connectivity index (χ4n) is 3.79. The van der Waals surface area contributed by atoms with Gasteiger partial charge in [-0.3, -0.25) is 4.79 Å². The third-order valence-electron chi connectivity index (χ3n) is 5.84. The number of aryl methyl sites for hydroxylation is 2. The summed E-state index contributed by atoms with van der Waals surface area (Å²) in [5.41, 5.74) is 8.34. The smallest absolute Gasteiger partial charge is 0.244 e. The molecule has 1 aromatic heterocycles. The van der Waals surface area contributed by atoms with Crippen molar-refractivity contribution in [1.82, 2.24) is 19.7 Å². The van der Waals surface area contributed by atoms with Crippen molar-refractivity contribution in [2.75, 3.05) is 13.1 Å². The van der Waals surface area contributed by atoms with Crippen LogP contribution in [0.3, 0.4) is 0 Å². The molecule has 0 spiro atoms. The lowest BCUT2D eigenvalue weighted by Gasteiger charge is -2.21. The minimum absolute atomic E-state index is 0.0261. The maximum absolute atomic E-state index is 13.7. The molecule has 2 N–H and O–H groups in total. The number of benzene rings is 1. The number of halogens is 1. The quantitative estimate of drug-likeness (QED) is 0.584. The van der Waals surface area contributed by atoms with Gasteiger partial charge in [0.15, 0.2) is 5.82 Å². The Labute approximate surface area is 200 Å². The zero-order valence-electron chi connectivity index (χ0n) is 20.0. The number of carbonyl (C=O) groups is 1. The Morgan fingerprint density at radius 2 is 2.00 bits per heavy atom. The maximum Gasteiger partial charge on any atom is 0.244 e. The average Bonchev–Trinajstić information content (AvgIpc) is 3.05. The number of rotatable bonds is 8. The molecule has 1 aliphatic rings. The first-order chi connectivity index (χ1) is 15.6. The fourth-order valence-corrected chi connectivity index (χ4v) is 4.57. The number of thioether (sulfide) groups is 1. The van der Waals surface area contributed by atoms with Gasteiger partial charge in [0.2, 0.25) is 5.91 Å². The number of hydrogen-bond donors (Lipinski definition) is 1. The highest BCUT2D eigenvalue weighted by Crippen LogP contribution is 2.31. The van der Waals surface area contributed by atoms with E-state index in [9.17, 15) is 9.18 Å². The van der Waals surface area contributed by atoms with Gasteiger partial charge in [0.25, 0.3) is 0 Å². The van der Waals surface area contributed by atoms with Crippen molar-refractivity contribution < 1.29 is 9.18 Å². The molecule has 0 radical (unpaired) electrons. The first kappa shape index (κ1) is 25.0. The van der Waals surface area contributed by atoms with Crippen molar-refractivity contribution in [2.45, 2.75) is 59.9 Å². The van der Waals surface area contributed by atoms with Crippen LogP contribution in [0.5, 0.6) is 0 Å². The molecule has 2 heterocycles. The van der Waals surface area contributed by atoms with Crippen LogP contribution in [0.2, 0.25) is 0 Å². The molecule has 2 aromatic rings. The van der Waals surface area contributed by atoms with Crippen LogP contribution in [0.25, 0.3) is 11.4 Å². The molecule has 1 aliphatic heterocycles. The molecule has 178 valence electrons. The minimum Gasteiger partial charge on any atom is -0.394 e. The normalized spacial score (nSPS) is 14.7. The zero-order chi connectivity index (χ0) is 24.1. The van der Waals surface area contributed by atoms with E-state index < -0.39 is 0 Å². The van der Waals surface area contributed by atoms with Crippen molar-refractivity contribution in [3.8, 4) is 11.4 Å². The molecule has 33 heavy (non-hydrogen) atoms. The highest BCUT2D eigenvalue weighted by atomic mass is 32.2. The van der Waals surface area contributed by atoms with Gasteiger partial charge in [-0.05, 0) is 67.7 Å². The Morgan fingerprint density at radius 1 is 1.27 bits per heavy atom. The summed E-state index contributed by atoms with van der Waals surface area (Å²) >= 11 is 1.50. The van der Waals surface area contributed by atoms with Crippen LogP contribution < -0.4 is 5.73 Å². The monoisotopic (exact) mass is 471 g/mol. The standard InChI is InChI=1S/C25H34FN5OS/c1-16(2)6-9-23-28-25(20-7-8-21(26)18(4)14-20)29-31(23)15-24(32)30-12-10-17(3)22(11-13-30)33-19(5)27/h7-8,14,16H,5-6,9-13,15,27H2,1-4H3. The topological polar surface area (TPSA) is 77.0 Å². The number of amides is 1. The molecular formula is C25H34FN5OS. The Bertz CT molecular complexity index is 1060. The lowest BCUT2D eigenvalue weighted by Crippen LogP contribution is -2.35. The van der Waals surface area contributed by atoms with E-state index in [1.807, 2.05) is 4.90 Å². The van der Waals surface area contributed by atoms with E-state index in [0.29, 0.717) is 35.4 Å². The second kappa shape index (κ2) is 11.0. The van der Waals surface area contributed by atoms with Gasteiger partial charge in [-0.25, -0.2) is 14.1 Å². The van der Waals surface area contributed by atoms with Gasteiger partial charge in [-0.1, -0.05) is 37.8 Å². The molecule has 0 fully saturated rings. The van der Waals surface area contributed by atoms with E-state index in [-0.39, 0.29) is 18.3 Å². The fraction of sp³-hybridized carbons (Fsp3) is 0.480. The van der Waals surface area contributed by atoms with Crippen molar-refractivity contribution in [3.05, 3.63) is 57.5 Å². The van der Waals surface area contributed by atoms with Crippen LogP contribution in [0, 0.1) is 18.7 Å². The Kier molecular flexibility index (Phi) is 8.35. The van der Waals surface area contributed by atoms with Crippen LogP contribution in [0.4, 0.5) is 4.39 Å². The van der Waals surface area contributed by atoms with Crippen LogP contribution >= 0.6 is 11.8 Å². The molecule has 0 unspecified atom stereocenters. The molecule has 0 saturated carbocycles. The lowest BCUT2D eigenvalue weighted by molar-refractivity contribution is -0.132. The summed E-state index contributed by atoms with van der Waals surface area (Å²) in [6.45, 7) is 13.4. The Hall–Kier alpha value is -2.61. The van der Waals surface area contributed by atoms with Crippen LogP contribution in [-0.2, 0) is 17.8 Å². The maximum atomic E-state index is 13.7. The van der Waals surface area contributed by atoms with E-state index >= 15 is 0 Å². The molecule has 1 aromatic carbocycles. The molecule has 0 aliphatic carbocycles. The van der Waals surface area contributed by atoms with Crippen LogP contribution in [-0.4, -0.2) is 38.7 Å². The van der Waals surface area contributed by atoms with Gasteiger partial charge < -0.3 is 10.6 Å². The third kappa shape index (κ3) is 6.69. The molecule has 0 atom stereocenters. The van der Waals surface area contributed by atoms with E-state index in [2.05, 4.69) is 32.4 Å². The first-order valence-corrected chi connectivity index (χ1v) is 12.2. The van der Waals surface area contributed by atoms with Gasteiger partial charge in [0.05, 0.1) is 5.03 Å². The van der Waals surface area contributed by atoms with Crippen molar-refractivity contribution in [1.29, 1.82) is 0 Å².